The van der Waals surface area contributed by atoms with Gasteiger partial charge < -0.3 is 11.1 Å². The summed E-state index contributed by atoms with van der Waals surface area (Å²) in [7, 11) is 0. The maximum absolute atomic E-state index is 5.69. The highest BCUT2D eigenvalue weighted by Gasteiger charge is 2.07. The zero-order valence-corrected chi connectivity index (χ0v) is 12.2. The number of aryl methyl sites for hydroxylation is 1. The summed E-state index contributed by atoms with van der Waals surface area (Å²) in [5, 5.41) is 3.21. The first-order valence-electron chi connectivity index (χ1n) is 4.87. The van der Waals surface area contributed by atoms with E-state index in [0.29, 0.717) is 16.1 Å². The van der Waals surface area contributed by atoms with E-state index in [2.05, 4.69) is 47.1 Å². The van der Waals surface area contributed by atoms with Gasteiger partial charge in [-0.05, 0) is 40.5 Å². The lowest BCUT2D eigenvalue weighted by Crippen LogP contribution is -2.00. The van der Waals surface area contributed by atoms with E-state index in [1.165, 1.54) is 6.33 Å². The van der Waals surface area contributed by atoms with Crippen molar-refractivity contribution in [2.24, 2.45) is 0 Å². The zero-order valence-electron chi connectivity index (χ0n) is 9.04. The highest BCUT2D eigenvalue weighted by atomic mass is 79.9. The van der Waals surface area contributed by atoms with E-state index >= 15 is 0 Å². The number of aromatic nitrogens is 2. The van der Waals surface area contributed by atoms with Crippen molar-refractivity contribution in [2.45, 2.75) is 6.92 Å². The number of nitrogens with two attached hydrogens (primary N) is 1. The molecular weight excluding hydrogens is 348 g/mol. The molecule has 0 aliphatic carbocycles. The molecule has 0 saturated carbocycles. The van der Waals surface area contributed by atoms with Crippen LogP contribution in [0.5, 0.6) is 0 Å². The van der Waals surface area contributed by atoms with Crippen LogP contribution >= 0.6 is 31.9 Å². The molecule has 0 radical (unpaired) electrons. The molecule has 17 heavy (non-hydrogen) atoms. The Morgan fingerprint density at radius 3 is 2.76 bits per heavy atom. The van der Waals surface area contributed by atoms with Crippen molar-refractivity contribution >= 4 is 49.2 Å². The average Bonchev–Trinajstić information content (AvgIpc) is 2.30. The van der Waals surface area contributed by atoms with Gasteiger partial charge in [0.15, 0.2) is 0 Å². The predicted octanol–water partition coefficient (Wildman–Crippen LogP) is 3.64. The summed E-state index contributed by atoms with van der Waals surface area (Å²) in [4.78, 5) is 8.03. The Balaban J connectivity index is 2.38. The largest absolute Gasteiger partial charge is 0.383 e. The standard InChI is InChI=1S/C11H10Br2N4/c1-6-2-3-7(12)4-8(6)17-11-9(13)10(14)15-5-16-11/h2-5H,1H3,(H3,14,15,16,17). The Kier molecular flexibility index (Phi) is 3.63. The van der Waals surface area contributed by atoms with Gasteiger partial charge in [-0.1, -0.05) is 22.0 Å². The van der Waals surface area contributed by atoms with E-state index in [9.17, 15) is 0 Å². The third kappa shape index (κ3) is 2.76. The van der Waals surface area contributed by atoms with Gasteiger partial charge in [0.25, 0.3) is 0 Å². The monoisotopic (exact) mass is 356 g/mol. The Hall–Kier alpha value is -1.14. The van der Waals surface area contributed by atoms with E-state index < -0.39 is 0 Å². The van der Waals surface area contributed by atoms with E-state index in [1.54, 1.807) is 0 Å². The molecule has 1 heterocycles. The number of hydrogen-bond donors (Lipinski definition) is 2. The molecule has 2 aromatic rings. The molecule has 1 aromatic carbocycles. The summed E-state index contributed by atoms with van der Waals surface area (Å²) in [6.07, 6.45) is 1.43. The fourth-order valence-electron chi connectivity index (χ4n) is 1.33. The van der Waals surface area contributed by atoms with Gasteiger partial charge >= 0.3 is 0 Å². The van der Waals surface area contributed by atoms with Gasteiger partial charge in [-0.25, -0.2) is 9.97 Å². The van der Waals surface area contributed by atoms with E-state index in [-0.39, 0.29) is 0 Å². The lowest BCUT2D eigenvalue weighted by Gasteiger charge is -2.11. The number of anilines is 3. The minimum atomic E-state index is 0.412. The summed E-state index contributed by atoms with van der Waals surface area (Å²) in [6.45, 7) is 2.02. The fourth-order valence-corrected chi connectivity index (χ4v) is 1.99. The minimum Gasteiger partial charge on any atom is -0.383 e. The second kappa shape index (κ2) is 5.01. The van der Waals surface area contributed by atoms with Gasteiger partial charge in [0.2, 0.25) is 0 Å². The topological polar surface area (TPSA) is 63.8 Å². The fraction of sp³-hybridized carbons (Fsp3) is 0.0909. The molecule has 2 rings (SSSR count). The number of benzene rings is 1. The number of nitrogens with zero attached hydrogens (tertiary/aromatic N) is 2. The summed E-state index contributed by atoms with van der Waals surface area (Å²) < 4.78 is 1.67. The molecule has 3 N–H and O–H groups in total. The molecule has 0 aliphatic rings. The molecule has 0 saturated heterocycles. The predicted molar refractivity (Wildman–Crippen MR) is 76.3 cm³/mol. The molecule has 1 aromatic heterocycles. The van der Waals surface area contributed by atoms with Crippen molar-refractivity contribution in [2.75, 3.05) is 11.1 Å². The number of hydrogen-bond acceptors (Lipinski definition) is 4. The molecule has 0 unspecified atom stereocenters. The molecule has 0 aliphatic heterocycles. The maximum atomic E-state index is 5.69. The molecule has 0 bridgehead atoms. The summed E-state index contributed by atoms with van der Waals surface area (Å²) in [5.74, 6) is 1.06. The third-order valence-electron chi connectivity index (χ3n) is 2.27. The van der Waals surface area contributed by atoms with Gasteiger partial charge in [0, 0.05) is 10.2 Å². The van der Waals surface area contributed by atoms with Crippen LogP contribution in [0.4, 0.5) is 17.3 Å². The van der Waals surface area contributed by atoms with E-state index in [0.717, 1.165) is 15.7 Å². The van der Waals surface area contributed by atoms with Gasteiger partial charge in [-0.3, -0.25) is 0 Å². The van der Waals surface area contributed by atoms with E-state index in [1.807, 2.05) is 25.1 Å². The highest BCUT2D eigenvalue weighted by molar-refractivity contribution is 9.11. The molecule has 88 valence electrons. The number of halogens is 2. The molecular formula is C11H10Br2N4. The van der Waals surface area contributed by atoms with Crippen LogP contribution in [0, 0.1) is 6.92 Å². The van der Waals surface area contributed by atoms with Gasteiger partial charge in [0.05, 0.1) is 0 Å². The molecule has 0 atom stereocenters. The highest BCUT2D eigenvalue weighted by Crippen LogP contribution is 2.29. The maximum Gasteiger partial charge on any atom is 0.150 e. The van der Waals surface area contributed by atoms with Crippen molar-refractivity contribution in [1.29, 1.82) is 0 Å². The smallest absolute Gasteiger partial charge is 0.150 e. The summed E-state index contributed by atoms with van der Waals surface area (Å²) >= 11 is 6.79. The average molecular weight is 358 g/mol. The number of rotatable bonds is 2. The lowest BCUT2D eigenvalue weighted by atomic mass is 10.2. The number of nitrogen functional groups attached to an aromatic ring is 1. The summed E-state index contributed by atoms with van der Waals surface area (Å²) in [5.41, 5.74) is 7.79. The molecule has 0 amide bonds. The van der Waals surface area contributed by atoms with Crippen LogP contribution in [0.25, 0.3) is 0 Å². The van der Waals surface area contributed by atoms with Crippen LogP contribution in [0.1, 0.15) is 5.56 Å². The Morgan fingerprint density at radius 2 is 2.00 bits per heavy atom. The normalized spacial score (nSPS) is 10.3. The molecule has 0 spiro atoms. The van der Waals surface area contributed by atoms with E-state index in [4.69, 9.17) is 5.73 Å². The van der Waals surface area contributed by atoms with Crippen molar-refractivity contribution in [3.05, 3.63) is 39.0 Å². The van der Waals surface area contributed by atoms with Gasteiger partial charge in [-0.15, -0.1) is 0 Å². The molecule has 6 heteroatoms. The first-order chi connectivity index (χ1) is 8.08. The SMILES string of the molecule is Cc1ccc(Br)cc1Nc1ncnc(N)c1Br. The van der Waals surface area contributed by atoms with Crippen molar-refractivity contribution in [3.63, 3.8) is 0 Å². The second-order valence-electron chi connectivity index (χ2n) is 3.51. The summed E-state index contributed by atoms with van der Waals surface area (Å²) in [6, 6.07) is 5.99. The van der Waals surface area contributed by atoms with Crippen LogP contribution in [-0.2, 0) is 0 Å². The van der Waals surface area contributed by atoms with Crippen LogP contribution in [0.2, 0.25) is 0 Å². The zero-order chi connectivity index (χ0) is 12.4. The van der Waals surface area contributed by atoms with Crippen molar-refractivity contribution in [3.8, 4) is 0 Å². The Labute approximate surface area is 116 Å². The van der Waals surface area contributed by atoms with Crippen LogP contribution in [0.15, 0.2) is 33.5 Å². The van der Waals surface area contributed by atoms with Gasteiger partial charge in [0.1, 0.15) is 22.4 Å². The van der Waals surface area contributed by atoms with Crippen LogP contribution < -0.4 is 11.1 Å². The van der Waals surface area contributed by atoms with Gasteiger partial charge in [-0.2, -0.15) is 0 Å². The Bertz CT molecular complexity index is 557. The van der Waals surface area contributed by atoms with Crippen molar-refractivity contribution < 1.29 is 0 Å². The quantitative estimate of drug-likeness (QED) is 0.861. The lowest BCUT2D eigenvalue weighted by molar-refractivity contribution is 1.16. The molecule has 4 nitrogen and oxygen atoms in total. The minimum absolute atomic E-state index is 0.412. The third-order valence-corrected chi connectivity index (χ3v) is 3.54. The first kappa shape index (κ1) is 12.3. The first-order valence-corrected chi connectivity index (χ1v) is 6.45. The number of nitrogens with one attached hydrogen (secondary N) is 1. The van der Waals surface area contributed by atoms with Crippen LogP contribution in [-0.4, -0.2) is 9.97 Å². The van der Waals surface area contributed by atoms with Crippen LogP contribution in [0.3, 0.4) is 0 Å². The second-order valence-corrected chi connectivity index (χ2v) is 5.21. The Morgan fingerprint density at radius 1 is 1.24 bits per heavy atom. The van der Waals surface area contributed by atoms with Crippen molar-refractivity contribution in [1.82, 2.24) is 9.97 Å². The molecule has 0 fully saturated rings.